The molecule has 1 aliphatic rings. The fourth-order valence-corrected chi connectivity index (χ4v) is 3.40. The van der Waals surface area contributed by atoms with E-state index in [0.717, 1.165) is 50.4 Å². The van der Waals surface area contributed by atoms with E-state index < -0.39 is 0 Å². The Labute approximate surface area is 128 Å². The lowest BCUT2D eigenvalue weighted by Crippen LogP contribution is -2.40. The van der Waals surface area contributed by atoms with Gasteiger partial charge in [-0.1, -0.05) is 13.8 Å². The SMILES string of the molecule is COCC(CCCN)NC1CC(C)(C)Cc2oc(C)cc21. The van der Waals surface area contributed by atoms with Gasteiger partial charge in [-0.2, -0.15) is 0 Å². The number of ether oxygens (including phenoxy) is 1. The summed E-state index contributed by atoms with van der Waals surface area (Å²) in [5.74, 6) is 2.16. The minimum atomic E-state index is 0.264. The summed E-state index contributed by atoms with van der Waals surface area (Å²) in [6.07, 6.45) is 4.22. The highest BCUT2D eigenvalue weighted by Gasteiger charge is 2.35. The highest BCUT2D eigenvalue weighted by Crippen LogP contribution is 2.42. The van der Waals surface area contributed by atoms with E-state index in [-0.39, 0.29) is 5.41 Å². The highest BCUT2D eigenvalue weighted by atomic mass is 16.5. The minimum absolute atomic E-state index is 0.264. The van der Waals surface area contributed by atoms with Crippen LogP contribution in [0.1, 0.15) is 56.2 Å². The maximum absolute atomic E-state index is 5.90. The molecule has 2 atom stereocenters. The average Bonchev–Trinajstić information content (AvgIpc) is 2.75. The molecule has 3 N–H and O–H groups in total. The molecular formula is C17H30N2O2. The Hall–Kier alpha value is -0.840. The Kier molecular flexibility index (Phi) is 5.47. The fourth-order valence-electron chi connectivity index (χ4n) is 3.40. The van der Waals surface area contributed by atoms with Crippen LogP contribution < -0.4 is 11.1 Å². The summed E-state index contributed by atoms with van der Waals surface area (Å²) in [5, 5.41) is 3.78. The third-order valence-electron chi connectivity index (χ3n) is 4.30. The number of aryl methyl sites for hydroxylation is 1. The molecule has 0 saturated carbocycles. The molecule has 1 aromatic rings. The maximum atomic E-state index is 5.90. The molecule has 0 aromatic carbocycles. The molecule has 1 heterocycles. The van der Waals surface area contributed by atoms with E-state index in [4.69, 9.17) is 14.9 Å². The Morgan fingerprint density at radius 2 is 2.29 bits per heavy atom. The van der Waals surface area contributed by atoms with Gasteiger partial charge in [-0.15, -0.1) is 0 Å². The summed E-state index contributed by atoms with van der Waals surface area (Å²) < 4.78 is 11.3. The molecule has 0 bridgehead atoms. The second-order valence-electron chi connectivity index (χ2n) is 7.08. The number of hydrogen-bond acceptors (Lipinski definition) is 4. The second kappa shape index (κ2) is 6.95. The van der Waals surface area contributed by atoms with Crippen LogP contribution in [0.3, 0.4) is 0 Å². The van der Waals surface area contributed by atoms with E-state index in [2.05, 4.69) is 25.2 Å². The number of rotatable bonds is 7. The molecular weight excluding hydrogens is 264 g/mol. The summed E-state index contributed by atoms with van der Waals surface area (Å²) in [6.45, 7) is 8.11. The van der Waals surface area contributed by atoms with E-state index >= 15 is 0 Å². The maximum Gasteiger partial charge on any atom is 0.109 e. The van der Waals surface area contributed by atoms with Crippen molar-refractivity contribution < 1.29 is 9.15 Å². The van der Waals surface area contributed by atoms with E-state index in [1.54, 1.807) is 7.11 Å². The monoisotopic (exact) mass is 294 g/mol. The summed E-state index contributed by atoms with van der Waals surface area (Å²) in [5.41, 5.74) is 7.24. The van der Waals surface area contributed by atoms with Gasteiger partial charge in [-0.05, 0) is 44.2 Å². The lowest BCUT2D eigenvalue weighted by Gasteiger charge is -2.36. The standard InChI is InChI=1S/C17H30N2O2/c1-12-8-14-15(9-17(2,3)10-16(14)21-12)19-13(11-20-4)6-5-7-18/h8,13,15,19H,5-7,9-11,18H2,1-4H3. The average molecular weight is 294 g/mol. The number of furan rings is 1. The zero-order valence-corrected chi connectivity index (χ0v) is 13.9. The first kappa shape index (κ1) is 16.5. The Morgan fingerprint density at radius 1 is 1.52 bits per heavy atom. The number of hydrogen-bond donors (Lipinski definition) is 2. The van der Waals surface area contributed by atoms with Crippen molar-refractivity contribution in [1.82, 2.24) is 5.32 Å². The van der Waals surface area contributed by atoms with Crippen LogP contribution >= 0.6 is 0 Å². The molecule has 2 unspecified atom stereocenters. The smallest absolute Gasteiger partial charge is 0.109 e. The van der Waals surface area contributed by atoms with Crippen molar-refractivity contribution in [2.75, 3.05) is 20.3 Å². The van der Waals surface area contributed by atoms with Crippen LogP contribution in [0.15, 0.2) is 10.5 Å². The Morgan fingerprint density at radius 3 is 2.95 bits per heavy atom. The molecule has 1 aliphatic carbocycles. The number of nitrogens with two attached hydrogens (primary N) is 1. The summed E-state index contributed by atoms with van der Waals surface area (Å²) >= 11 is 0. The van der Waals surface area contributed by atoms with Crippen LogP contribution in [0, 0.1) is 12.3 Å². The molecule has 0 amide bonds. The van der Waals surface area contributed by atoms with Gasteiger partial charge in [-0.3, -0.25) is 0 Å². The molecule has 1 aromatic heterocycles. The minimum Gasteiger partial charge on any atom is -0.466 e. The quantitative estimate of drug-likeness (QED) is 0.811. The van der Waals surface area contributed by atoms with Crippen LogP contribution in [0.2, 0.25) is 0 Å². The third kappa shape index (κ3) is 4.31. The van der Waals surface area contributed by atoms with Gasteiger partial charge in [0.15, 0.2) is 0 Å². The van der Waals surface area contributed by atoms with Crippen molar-refractivity contribution >= 4 is 0 Å². The first-order valence-corrected chi connectivity index (χ1v) is 7.99. The first-order chi connectivity index (χ1) is 9.95. The summed E-state index contributed by atoms with van der Waals surface area (Å²) in [4.78, 5) is 0. The molecule has 0 aliphatic heterocycles. The van der Waals surface area contributed by atoms with Crippen LogP contribution in [-0.4, -0.2) is 26.3 Å². The zero-order chi connectivity index (χ0) is 15.5. The predicted octanol–water partition coefficient (Wildman–Crippen LogP) is 2.95. The van der Waals surface area contributed by atoms with Gasteiger partial charge in [0, 0.05) is 31.2 Å². The topological polar surface area (TPSA) is 60.4 Å². The van der Waals surface area contributed by atoms with Gasteiger partial charge in [0.25, 0.3) is 0 Å². The molecule has 4 nitrogen and oxygen atoms in total. The van der Waals surface area contributed by atoms with Gasteiger partial charge in [0.1, 0.15) is 11.5 Å². The Balaban J connectivity index is 2.13. The van der Waals surface area contributed by atoms with Crippen molar-refractivity contribution in [1.29, 1.82) is 0 Å². The number of fused-ring (bicyclic) bond motifs is 1. The van der Waals surface area contributed by atoms with Gasteiger partial charge in [0.05, 0.1) is 6.61 Å². The number of methoxy groups -OCH3 is 1. The highest BCUT2D eigenvalue weighted by molar-refractivity contribution is 5.29. The normalized spacial score (nSPS) is 22.0. The summed E-state index contributed by atoms with van der Waals surface area (Å²) in [6, 6.07) is 2.88. The Bertz CT molecular complexity index is 454. The van der Waals surface area contributed by atoms with E-state index in [1.807, 2.05) is 6.92 Å². The van der Waals surface area contributed by atoms with Crippen molar-refractivity contribution in [3.05, 3.63) is 23.2 Å². The first-order valence-electron chi connectivity index (χ1n) is 7.99. The summed E-state index contributed by atoms with van der Waals surface area (Å²) in [7, 11) is 1.76. The molecule has 2 rings (SSSR count). The van der Waals surface area contributed by atoms with Crippen LogP contribution in [-0.2, 0) is 11.2 Å². The van der Waals surface area contributed by atoms with Crippen LogP contribution in [0.4, 0.5) is 0 Å². The predicted molar refractivity (Wildman–Crippen MR) is 85.4 cm³/mol. The van der Waals surface area contributed by atoms with Crippen molar-refractivity contribution in [3.63, 3.8) is 0 Å². The van der Waals surface area contributed by atoms with E-state index in [1.165, 1.54) is 5.56 Å². The molecule has 120 valence electrons. The van der Waals surface area contributed by atoms with Gasteiger partial charge >= 0.3 is 0 Å². The van der Waals surface area contributed by atoms with Crippen molar-refractivity contribution in [3.8, 4) is 0 Å². The second-order valence-corrected chi connectivity index (χ2v) is 7.08. The van der Waals surface area contributed by atoms with Crippen molar-refractivity contribution in [2.24, 2.45) is 11.1 Å². The molecule has 0 spiro atoms. The fraction of sp³-hybridized carbons (Fsp3) is 0.765. The van der Waals surface area contributed by atoms with Crippen LogP contribution in [0.25, 0.3) is 0 Å². The van der Waals surface area contributed by atoms with E-state index in [0.29, 0.717) is 12.1 Å². The molecule has 0 radical (unpaired) electrons. The lowest BCUT2D eigenvalue weighted by molar-refractivity contribution is 0.143. The molecule has 4 heteroatoms. The zero-order valence-electron chi connectivity index (χ0n) is 13.9. The van der Waals surface area contributed by atoms with Crippen LogP contribution in [0.5, 0.6) is 0 Å². The third-order valence-corrected chi connectivity index (χ3v) is 4.30. The van der Waals surface area contributed by atoms with Gasteiger partial charge in [0.2, 0.25) is 0 Å². The largest absolute Gasteiger partial charge is 0.466 e. The molecule has 0 fully saturated rings. The van der Waals surface area contributed by atoms with Gasteiger partial charge in [-0.25, -0.2) is 0 Å². The van der Waals surface area contributed by atoms with Gasteiger partial charge < -0.3 is 20.2 Å². The molecule has 21 heavy (non-hydrogen) atoms. The molecule has 0 saturated heterocycles. The number of nitrogens with one attached hydrogen (secondary N) is 1. The lowest BCUT2D eigenvalue weighted by atomic mass is 9.74. The van der Waals surface area contributed by atoms with Crippen molar-refractivity contribution in [2.45, 2.75) is 58.5 Å². The van der Waals surface area contributed by atoms with E-state index in [9.17, 15) is 0 Å².